The number of carbonyl (C=O) groups excluding carboxylic acids is 1. The maximum atomic E-state index is 12.1. The van der Waals surface area contributed by atoms with Gasteiger partial charge in [-0.15, -0.1) is 11.3 Å². The van der Waals surface area contributed by atoms with Crippen LogP contribution < -0.4 is 0 Å². The van der Waals surface area contributed by atoms with Crippen LogP contribution in [0.25, 0.3) is 16.2 Å². The number of non-ortho nitro benzene ring substituents is 1. The molecule has 2 aromatic carbocycles. The van der Waals surface area contributed by atoms with Crippen LogP contribution in [0.1, 0.15) is 10.4 Å². The fourth-order valence-electron chi connectivity index (χ4n) is 2.54. The van der Waals surface area contributed by atoms with E-state index in [2.05, 4.69) is 4.99 Å². The molecule has 2 heterocycles. The Kier molecular flexibility index (Phi) is 4.02. The molecule has 0 amide bonds. The molecule has 1 aromatic heterocycles. The first-order valence-electron chi connectivity index (χ1n) is 7.47. The standard InChI is InChI=1S/C18H9ClN2O4S/c19-15-12-6-1-2-7-14(12)26-16(15)17-20-13(18(22)25-17)9-10-4-3-5-11(8-10)21(23)24/h1-9H/b13-9+. The van der Waals surface area contributed by atoms with Gasteiger partial charge in [-0.1, -0.05) is 41.9 Å². The molecule has 0 saturated carbocycles. The average molecular weight is 385 g/mol. The Bertz CT molecular complexity index is 1130. The van der Waals surface area contributed by atoms with Crippen LogP contribution in [0.5, 0.6) is 0 Å². The van der Waals surface area contributed by atoms with Crippen molar-refractivity contribution >= 4 is 56.7 Å². The molecule has 8 heteroatoms. The van der Waals surface area contributed by atoms with Crippen molar-refractivity contribution in [3.63, 3.8) is 0 Å². The summed E-state index contributed by atoms with van der Waals surface area (Å²) in [5.74, 6) is -0.488. The number of thiophene rings is 1. The van der Waals surface area contributed by atoms with Crippen LogP contribution in [0.4, 0.5) is 5.69 Å². The van der Waals surface area contributed by atoms with Crippen molar-refractivity contribution in [3.8, 4) is 0 Å². The molecule has 0 radical (unpaired) electrons. The normalized spacial score (nSPS) is 15.3. The number of esters is 1. The van der Waals surface area contributed by atoms with E-state index in [0.717, 1.165) is 10.1 Å². The number of cyclic esters (lactones) is 1. The highest BCUT2D eigenvalue weighted by Crippen LogP contribution is 2.37. The minimum absolute atomic E-state index is 0.0639. The van der Waals surface area contributed by atoms with Crippen molar-refractivity contribution in [1.29, 1.82) is 0 Å². The molecule has 0 fully saturated rings. The molecule has 4 rings (SSSR count). The third-order valence-electron chi connectivity index (χ3n) is 3.73. The Labute approximate surface area is 156 Å². The molecule has 0 N–H and O–H groups in total. The summed E-state index contributed by atoms with van der Waals surface area (Å²) in [6, 6.07) is 13.5. The number of nitro benzene ring substituents is 1. The zero-order valence-electron chi connectivity index (χ0n) is 13.0. The van der Waals surface area contributed by atoms with E-state index in [4.69, 9.17) is 16.3 Å². The zero-order valence-corrected chi connectivity index (χ0v) is 14.6. The fourth-order valence-corrected chi connectivity index (χ4v) is 3.98. The minimum atomic E-state index is -0.625. The van der Waals surface area contributed by atoms with Crippen molar-refractivity contribution < 1.29 is 14.5 Å². The minimum Gasteiger partial charge on any atom is -0.401 e. The quantitative estimate of drug-likeness (QED) is 0.281. The number of aliphatic imine (C=N–C) groups is 1. The van der Waals surface area contributed by atoms with Crippen molar-refractivity contribution in [2.24, 2.45) is 4.99 Å². The average Bonchev–Trinajstić information content (AvgIpc) is 3.16. The molecule has 0 bridgehead atoms. The number of rotatable bonds is 3. The van der Waals surface area contributed by atoms with Gasteiger partial charge in [0, 0.05) is 22.2 Å². The van der Waals surface area contributed by atoms with Gasteiger partial charge in [0.2, 0.25) is 5.90 Å². The Hall–Kier alpha value is -3.03. The Morgan fingerprint density at radius 2 is 2.00 bits per heavy atom. The number of benzene rings is 2. The molecule has 3 aromatic rings. The summed E-state index contributed by atoms with van der Waals surface area (Å²) in [5, 5.41) is 12.2. The maximum absolute atomic E-state index is 12.1. The van der Waals surface area contributed by atoms with Gasteiger partial charge in [-0.05, 0) is 17.7 Å². The number of halogens is 1. The van der Waals surface area contributed by atoms with Crippen LogP contribution in [0.3, 0.4) is 0 Å². The molecular formula is C18H9ClN2O4S. The molecule has 0 saturated heterocycles. The lowest BCUT2D eigenvalue weighted by molar-refractivity contribution is -0.384. The molecular weight excluding hydrogens is 376 g/mol. The van der Waals surface area contributed by atoms with Gasteiger partial charge < -0.3 is 4.74 Å². The van der Waals surface area contributed by atoms with Crippen LogP contribution >= 0.6 is 22.9 Å². The molecule has 0 unspecified atom stereocenters. The smallest absolute Gasteiger partial charge is 0.363 e. The predicted octanol–water partition coefficient (Wildman–Crippen LogP) is 4.81. The van der Waals surface area contributed by atoms with E-state index in [9.17, 15) is 14.9 Å². The van der Waals surface area contributed by atoms with Gasteiger partial charge in [-0.25, -0.2) is 9.79 Å². The number of hydrogen-bond donors (Lipinski definition) is 0. The van der Waals surface area contributed by atoms with Gasteiger partial charge in [0.05, 0.1) is 9.95 Å². The third kappa shape index (κ3) is 2.87. The van der Waals surface area contributed by atoms with E-state index in [1.807, 2.05) is 24.3 Å². The van der Waals surface area contributed by atoms with Crippen LogP contribution in [0.15, 0.2) is 59.2 Å². The maximum Gasteiger partial charge on any atom is 0.363 e. The fraction of sp³-hybridized carbons (Fsp3) is 0. The van der Waals surface area contributed by atoms with E-state index in [0.29, 0.717) is 15.5 Å². The number of ether oxygens (including phenoxy) is 1. The van der Waals surface area contributed by atoms with Gasteiger partial charge in [-0.3, -0.25) is 10.1 Å². The molecule has 26 heavy (non-hydrogen) atoms. The molecule has 6 nitrogen and oxygen atoms in total. The summed E-state index contributed by atoms with van der Waals surface area (Å²) >= 11 is 7.77. The summed E-state index contributed by atoms with van der Waals surface area (Å²) in [7, 11) is 0. The van der Waals surface area contributed by atoms with E-state index in [-0.39, 0.29) is 17.3 Å². The van der Waals surface area contributed by atoms with Crippen molar-refractivity contribution in [1.82, 2.24) is 0 Å². The highest BCUT2D eigenvalue weighted by atomic mass is 35.5. The predicted molar refractivity (Wildman–Crippen MR) is 101 cm³/mol. The molecule has 128 valence electrons. The summed E-state index contributed by atoms with van der Waals surface area (Å²) in [6.45, 7) is 0. The van der Waals surface area contributed by atoms with Gasteiger partial charge in [-0.2, -0.15) is 0 Å². The van der Waals surface area contributed by atoms with Crippen LogP contribution in [0.2, 0.25) is 5.02 Å². The summed E-state index contributed by atoms with van der Waals surface area (Å²) < 4.78 is 6.22. The van der Waals surface area contributed by atoms with Crippen LogP contribution in [-0.4, -0.2) is 16.8 Å². The molecule has 1 aliphatic heterocycles. The van der Waals surface area contributed by atoms with Crippen LogP contribution in [-0.2, 0) is 9.53 Å². The Morgan fingerprint density at radius 1 is 1.19 bits per heavy atom. The lowest BCUT2D eigenvalue weighted by Crippen LogP contribution is -2.04. The van der Waals surface area contributed by atoms with Gasteiger partial charge in [0.15, 0.2) is 5.70 Å². The van der Waals surface area contributed by atoms with E-state index in [1.54, 1.807) is 6.07 Å². The highest BCUT2D eigenvalue weighted by molar-refractivity contribution is 7.21. The highest BCUT2D eigenvalue weighted by Gasteiger charge is 2.28. The number of nitro groups is 1. The second-order valence-corrected chi connectivity index (χ2v) is 6.86. The number of fused-ring (bicyclic) bond motifs is 1. The van der Waals surface area contributed by atoms with E-state index >= 15 is 0 Å². The summed E-state index contributed by atoms with van der Waals surface area (Å²) in [6.07, 6.45) is 1.45. The van der Waals surface area contributed by atoms with Crippen molar-refractivity contribution in [2.75, 3.05) is 0 Å². The lowest BCUT2D eigenvalue weighted by Gasteiger charge is -1.95. The molecule has 1 aliphatic rings. The second-order valence-electron chi connectivity index (χ2n) is 5.43. The van der Waals surface area contributed by atoms with E-state index < -0.39 is 10.9 Å². The van der Waals surface area contributed by atoms with Gasteiger partial charge >= 0.3 is 5.97 Å². The molecule has 0 spiro atoms. The first-order valence-corrected chi connectivity index (χ1v) is 8.67. The van der Waals surface area contributed by atoms with Crippen molar-refractivity contribution in [2.45, 2.75) is 0 Å². The molecule has 0 aliphatic carbocycles. The second kappa shape index (κ2) is 6.36. The van der Waals surface area contributed by atoms with Crippen molar-refractivity contribution in [3.05, 3.63) is 79.8 Å². The first-order chi connectivity index (χ1) is 12.5. The summed E-state index contributed by atoms with van der Waals surface area (Å²) in [4.78, 5) is 27.3. The largest absolute Gasteiger partial charge is 0.401 e. The number of hydrogen-bond acceptors (Lipinski definition) is 6. The zero-order chi connectivity index (χ0) is 18.3. The Morgan fingerprint density at radius 3 is 2.77 bits per heavy atom. The monoisotopic (exact) mass is 384 g/mol. The Balaban J connectivity index is 1.74. The topological polar surface area (TPSA) is 81.8 Å². The van der Waals surface area contributed by atoms with Gasteiger partial charge in [0.1, 0.15) is 4.88 Å². The first kappa shape index (κ1) is 16.4. The summed E-state index contributed by atoms with van der Waals surface area (Å²) in [5.41, 5.74) is 0.482. The van der Waals surface area contributed by atoms with Crippen LogP contribution in [0, 0.1) is 10.1 Å². The SMILES string of the molecule is O=C1OC(c2sc3ccccc3c2Cl)=N/C1=C/c1cccc([N+](=O)[O-])c1. The third-order valence-corrected chi connectivity index (χ3v) is 5.40. The van der Waals surface area contributed by atoms with E-state index in [1.165, 1.54) is 35.6 Å². The number of nitrogens with zero attached hydrogens (tertiary/aromatic N) is 2. The number of carbonyl (C=O) groups is 1. The van der Waals surface area contributed by atoms with Gasteiger partial charge in [0.25, 0.3) is 5.69 Å². The lowest BCUT2D eigenvalue weighted by atomic mass is 10.2. The molecule has 0 atom stereocenters.